The Bertz CT molecular complexity index is 925. The molecule has 10 nitrogen and oxygen atoms in total. The number of guanidine groups is 1. The average Bonchev–Trinajstić information content (AvgIpc) is 2.78. The minimum Gasteiger partial charge on any atom is -0.496 e. The first kappa shape index (κ1) is 25.9. The van der Waals surface area contributed by atoms with Gasteiger partial charge in [0.25, 0.3) is 5.91 Å². The minimum absolute atomic E-state index is 0.00822. The molecule has 10 heteroatoms. The van der Waals surface area contributed by atoms with Gasteiger partial charge in [0.2, 0.25) is 5.91 Å². The van der Waals surface area contributed by atoms with Gasteiger partial charge in [-0.1, -0.05) is 26.0 Å². The number of benzene rings is 1. The van der Waals surface area contributed by atoms with Gasteiger partial charge in [-0.3, -0.25) is 14.9 Å². The number of carboxylic acid groups (broad SMARTS) is 1. The van der Waals surface area contributed by atoms with Crippen LogP contribution in [0.5, 0.6) is 5.75 Å². The Kier molecular flexibility index (Phi) is 9.41. The Morgan fingerprint density at radius 2 is 1.91 bits per heavy atom. The topological polar surface area (TPSA) is 152 Å². The summed E-state index contributed by atoms with van der Waals surface area (Å²) in [6.07, 6.45) is 2.13. The molecule has 1 aliphatic rings. The number of nitrogens with two attached hydrogens (primary N) is 1. The molecule has 0 saturated carbocycles. The van der Waals surface area contributed by atoms with Crippen molar-refractivity contribution in [2.24, 2.45) is 10.7 Å². The van der Waals surface area contributed by atoms with E-state index < -0.39 is 30.1 Å². The normalized spacial score (nSPS) is 20.7. The van der Waals surface area contributed by atoms with Crippen LogP contribution < -0.4 is 21.1 Å². The SMILES string of the molecule is CCC(CC)O[C@@H]1C=C(C(=O)O)C[C@H](N=C(N)NC(=O)c2ccccc2OC)[C@H]1NC(C)=O. The lowest BCUT2D eigenvalue weighted by Gasteiger charge is -2.36. The van der Waals surface area contributed by atoms with E-state index in [0.29, 0.717) is 5.75 Å². The summed E-state index contributed by atoms with van der Waals surface area (Å²) in [5.74, 6) is -1.79. The summed E-state index contributed by atoms with van der Waals surface area (Å²) in [6.45, 7) is 5.29. The van der Waals surface area contributed by atoms with Crippen molar-refractivity contribution in [3.63, 3.8) is 0 Å². The highest BCUT2D eigenvalue weighted by Crippen LogP contribution is 2.26. The summed E-state index contributed by atoms with van der Waals surface area (Å²) in [7, 11) is 1.45. The molecule has 2 rings (SSSR count). The molecule has 0 aliphatic heterocycles. The van der Waals surface area contributed by atoms with E-state index in [-0.39, 0.29) is 35.5 Å². The maximum absolute atomic E-state index is 12.6. The molecule has 5 N–H and O–H groups in total. The molecule has 0 saturated heterocycles. The fourth-order valence-electron chi connectivity index (χ4n) is 3.69. The Morgan fingerprint density at radius 1 is 1.24 bits per heavy atom. The number of ether oxygens (including phenoxy) is 2. The van der Waals surface area contributed by atoms with Gasteiger partial charge in [-0.15, -0.1) is 0 Å². The lowest BCUT2D eigenvalue weighted by atomic mass is 9.88. The van der Waals surface area contributed by atoms with Gasteiger partial charge in [0, 0.05) is 18.9 Å². The zero-order chi connectivity index (χ0) is 24.5. The van der Waals surface area contributed by atoms with Gasteiger partial charge in [-0.2, -0.15) is 0 Å². The van der Waals surface area contributed by atoms with Crippen LogP contribution in [0.2, 0.25) is 0 Å². The van der Waals surface area contributed by atoms with Gasteiger partial charge in [-0.05, 0) is 31.1 Å². The number of carboxylic acids is 1. The number of hydrogen-bond acceptors (Lipinski definition) is 6. The number of aliphatic imine (C=N–C) groups is 1. The molecule has 1 aliphatic carbocycles. The molecule has 0 radical (unpaired) electrons. The number of nitrogens with one attached hydrogen (secondary N) is 2. The van der Waals surface area contributed by atoms with Crippen molar-refractivity contribution in [2.45, 2.75) is 64.3 Å². The third-order valence-corrected chi connectivity index (χ3v) is 5.37. The van der Waals surface area contributed by atoms with Gasteiger partial charge < -0.3 is 25.6 Å². The Balaban J connectivity index is 2.34. The van der Waals surface area contributed by atoms with Crippen molar-refractivity contribution in [1.82, 2.24) is 10.6 Å². The Labute approximate surface area is 193 Å². The summed E-state index contributed by atoms with van der Waals surface area (Å²) in [4.78, 5) is 40.6. The van der Waals surface area contributed by atoms with Crippen LogP contribution >= 0.6 is 0 Å². The number of hydrogen-bond donors (Lipinski definition) is 4. The van der Waals surface area contributed by atoms with Gasteiger partial charge in [0.15, 0.2) is 5.96 Å². The molecule has 0 aromatic heterocycles. The zero-order valence-corrected chi connectivity index (χ0v) is 19.3. The number of carbonyl (C=O) groups excluding carboxylic acids is 2. The number of carbonyl (C=O) groups is 3. The van der Waals surface area contributed by atoms with Crippen molar-refractivity contribution >= 4 is 23.7 Å². The number of amides is 2. The molecule has 0 bridgehead atoms. The highest BCUT2D eigenvalue weighted by Gasteiger charge is 2.37. The summed E-state index contributed by atoms with van der Waals surface area (Å²) in [6, 6.07) is 5.21. The van der Waals surface area contributed by atoms with Crippen LogP contribution in [0.4, 0.5) is 0 Å². The maximum atomic E-state index is 12.6. The van der Waals surface area contributed by atoms with Crippen molar-refractivity contribution < 1.29 is 29.0 Å². The standard InChI is InChI=1S/C23H32N4O6/c1-5-15(6-2)33-19-12-14(22(30)31)11-17(20(19)25-13(3)28)26-23(24)27-21(29)16-9-7-8-10-18(16)32-4/h7-10,12,15,17,19-20H,5-6,11H2,1-4H3,(H,25,28)(H,30,31)(H3,24,26,27,29)/t17-,19+,20+/m0/s1. The number of nitrogens with zero attached hydrogens (tertiary/aromatic N) is 1. The molecule has 0 spiro atoms. The van der Waals surface area contributed by atoms with Crippen LogP contribution in [0.1, 0.15) is 50.4 Å². The molecular weight excluding hydrogens is 428 g/mol. The molecule has 1 aromatic carbocycles. The van der Waals surface area contributed by atoms with Crippen LogP contribution in [0.25, 0.3) is 0 Å². The van der Waals surface area contributed by atoms with Crippen LogP contribution in [0, 0.1) is 0 Å². The molecule has 3 atom stereocenters. The lowest BCUT2D eigenvalue weighted by molar-refractivity contribution is -0.133. The predicted molar refractivity (Wildman–Crippen MR) is 123 cm³/mol. The van der Waals surface area contributed by atoms with E-state index in [1.165, 1.54) is 20.1 Å². The third kappa shape index (κ3) is 7.04. The molecule has 33 heavy (non-hydrogen) atoms. The van der Waals surface area contributed by atoms with Crippen molar-refractivity contribution in [2.75, 3.05) is 7.11 Å². The van der Waals surface area contributed by atoms with Crippen LogP contribution in [-0.2, 0) is 14.3 Å². The second kappa shape index (κ2) is 12.0. The quantitative estimate of drug-likeness (QED) is 0.323. The highest BCUT2D eigenvalue weighted by molar-refractivity contribution is 6.06. The zero-order valence-electron chi connectivity index (χ0n) is 19.3. The molecule has 180 valence electrons. The molecule has 1 aromatic rings. The van der Waals surface area contributed by atoms with Gasteiger partial charge in [-0.25, -0.2) is 9.79 Å². The van der Waals surface area contributed by atoms with E-state index >= 15 is 0 Å². The molecule has 0 heterocycles. The summed E-state index contributed by atoms with van der Waals surface area (Å²) in [5, 5.41) is 14.9. The van der Waals surface area contributed by atoms with Gasteiger partial charge in [0.05, 0.1) is 37.0 Å². The second-order valence-corrected chi connectivity index (χ2v) is 7.70. The number of methoxy groups -OCH3 is 1. The minimum atomic E-state index is -1.11. The van der Waals surface area contributed by atoms with E-state index in [1.54, 1.807) is 24.3 Å². The Morgan fingerprint density at radius 3 is 2.48 bits per heavy atom. The summed E-state index contributed by atoms with van der Waals surface area (Å²) < 4.78 is 11.3. The van der Waals surface area contributed by atoms with Crippen molar-refractivity contribution in [3.8, 4) is 5.75 Å². The highest BCUT2D eigenvalue weighted by atomic mass is 16.5. The molecule has 2 amide bonds. The second-order valence-electron chi connectivity index (χ2n) is 7.70. The summed E-state index contributed by atoms with van der Waals surface area (Å²) in [5.41, 5.74) is 6.37. The van der Waals surface area contributed by atoms with E-state index in [2.05, 4.69) is 15.6 Å². The van der Waals surface area contributed by atoms with E-state index in [4.69, 9.17) is 15.2 Å². The van der Waals surface area contributed by atoms with Gasteiger partial charge >= 0.3 is 5.97 Å². The molecule has 0 unspecified atom stereocenters. The predicted octanol–water partition coefficient (Wildman–Crippen LogP) is 1.60. The first-order chi connectivity index (χ1) is 15.7. The van der Waals surface area contributed by atoms with Crippen LogP contribution in [-0.4, -0.2) is 60.3 Å². The van der Waals surface area contributed by atoms with Crippen molar-refractivity contribution in [3.05, 3.63) is 41.5 Å². The lowest BCUT2D eigenvalue weighted by Crippen LogP contribution is -2.54. The largest absolute Gasteiger partial charge is 0.496 e. The smallest absolute Gasteiger partial charge is 0.331 e. The monoisotopic (exact) mass is 460 g/mol. The maximum Gasteiger partial charge on any atom is 0.331 e. The average molecular weight is 461 g/mol. The van der Waals surface area contributed by atoms with E-state index in [0.717, 1.165) is 12.8 Å². The van der Waals surface area contributed by atoms with Gasteiger partial charge in [0.1, 0.15) is 5.75 Å². The first-order valence-electron chi connectivity index (χ1n) is 10.8. The van der Waals surface area contributed by atoms with Crippen LogP contribution in [0.15, 0.2) is 40.9 Å². The fourth-order valence-corrected chi connectivity index (χ4v) is 3.69. The fraction of sp³-hybridized carbons (Fsp3) is 0.478. The number of aliphatic carboxylic acids is 1. The molecular formula is C23H32N4O6. The third-order valence-electron chi connectivity index (χ3n) is 5.37. The first-order valence-corrected chi connectivity index (χ1v) is 10.8. The number of para-hydroxylation sites is 1. The summed E-state index contributed by atoms with van der Waals surface area (Å²) >= 11 is 0. The van der Waals surface area contributed by atoms with Crippen LogP contribution in [0.3, 0.4) is 0 Å². The molecule has 0 fully saturated rings. The van der Waals surface area contributed by atoms with E-state index in [9.17, 15) is 19.5 Å². The van der Waals surface area contributed by atoms with E-state index in [1.807, 2.05) is 13.8 Å². The van der Waals surface area contributed by atoms with Crippen molar-refractivity contribution in [1.29, 1.82) is 0 Å². The Hall–Kier alpha value is -3.40. The number of rotatable bonds is 9.